The first kappa shape index (κ1) is 105. The number of rotatable bonds is 28. The summed E-state index contributed by atoms with van der Waals surface area (Å²) in [6, 6.07) is 39.9. The van der Waals surface area contributed by atoms with Crippen LogP contribution >= 0.6 is 37.8 Å². The summed E-state index contributed by atoms with van der Waals surface area (Å²) in [4.78, 5) is 129. The largest absolute Gasteiger partial charge is 1.00 e. The number of benzene rings is 4. The number of hydrogen-bond acceptors (Lipinski definition) is 35. The van der Waals surface area contributed by atoms with Gasteiger partial charge in [0.25, 0.3) is 6.47 Å². The number of aliphatic hydroxyl groups is 3. The summed E-state index contributed by atoms with van der Waals surface area (Å²) in [5.74, 6) is 1.12. The van der Waals surface area contributed by atoms with Crippen LogP contribution in [0.5, 0.6) is 0 Å². The number of fused-ring (bicyclic) bond motifs is 4. The van der Waals surface area contributed by atoms with Crippen LogP contribution < -0.4 is 129 Å². The first-order valence-electron chi connectivity index (χ1n) is 41.3. The summed E-state index contributed by atoms with van der Waals surface area (Å²) >= 11 is 2.10. The van der Waals surface area contributed by atoms with Gasteiger partial charge in [-0.05, 0) is 55.9 Å². The smallest absolute Gasteiger partial charge is 1.00 e. The average molecular weight is 2010 g/mol. The predicted octanol–water partition coefficient (Wildman–Crippen LogP) is 3.00. The van der Waals surface area contributed by atoms with Crippen molar-refractivity contribution in [2.75, 3.05) is 40.4 Å². The van der Waals surface area contributed by atoms with E-state index in [2.05, 4.69) is 147 Å². The van der Waals surface area contributed by atoms with Crippen LogP contribution in [0.1, 0.15) is 134 Å². The van der Waals surface area contributed by atoms with Crippen molar-refractivity contribution in [2.24, 2.45) is 17.8 Å². The van der Waals surface area contributed by atoms with Gasteiger partial charge in [0.15, 0.2) is 121 Å². The maximum Gasteiger partial charge on any atom is 1.00 e. The Morgan fingerprint density at radius 2 is 0.763 bits per heavy atom. The van der Waals surface area contributed by atoms with E-state index in [4.69, 9.17) is 57.5 Å². The van der Waals surface area contributed by atoms with Gasteiger partial charge in [-0.1, -0.05) is 156 Å². The standard InChI is InChI=1S/C22H29N5O9P2.C22H27N5O3.C21H24IN5O3.C18H21N5O4.CH2O3.2K.H/c1-13-17(10-34-38(32,33)12-37(29,30)31)36-22(19(13)35-15(3)28)27-11-24-18-20(25-14(2)26-21(18)27)23-9-16-7-5-4-6-8-16;1-5-17-13(2)19(29-15(4)28)22(30-17)27-12-24-18-20(25-14(3)26-21(18)27)23-11-16-9-7-6-8-10-16;1-4-15-12(2)17(29-13(3)28)20(30-15)27-11-24-16-18(25-21(22)26-19(16)27)23-10-14-8-6-5-7-9-14;1-10-21-16(19-7-11-5-3-2-4-6-11)13-17(22-10)23(9-20-13)18-15(26)14(25)12(8-24)27-18;2-1-4-3;;;/h4-8,11,13,17,19,22H,9-10,12H2,1-3H3,(H,32,33)(H,23,25,26)(H2,29,30,31);6-10,12-13,17,19,22H,5,11H2,1-4H3,(H,23,25,26);5-9,11-12,15,17,20H,4,10H2,1-3H3,(H,23,25,26);2-6,9,12,14-15,18,24-26H,7-8H2,1H3,(H,19,21,22);1,3H;;;/q;;;;;2*+1;-1/p-1/t2*13-,17-,19-,22-;12-,15-,17-,20-;12-,14-,15-,18-;;;;/m1111..../s1. The molecule has 12 aromatic rings. The van der Waals surface area contributed by atoms with Crippen LogP contribution in [-0.2, 0) is 97.1 Å². The zero-order chi connectivity index (χ0) is 92.5. The number of aryl methyl sites for hydroxylation is 3. The molecule has 4 aromatic carbocycles. The molecule has 8 aromatic heterocycles. The third kappa shape index (κ3) is 27.1. The molecule has 4 aliphatic rings. The molecule has 12 heterocycles. The fraction of sp³-hybridized carbons (Fsp3) is 0.429. The third-order valence-corrected chi connectivity index (χ3v) is 25.4. The molecule has 131 heavy (non-hydrogen) atoms. The molecule has 10 N–H and O–H groups in total. The summed E-state index contributed by atoms with van der Waals surface area (Å²) < 4.78 is 76.7. The topological polar surface area (TPSA) is 552 Å². The Hall–Kier alpha value is -7.86. The number of carbonyl (C=O) groups is 4. The Labute approximate surface area is 852 Å². The van der Waals surface area contributed by atoms with E-state index >= 15 is 0 Å². The summed E-state index contributed by atoms with van der Waals surface area (Å²) in [5.41, 5.74) is 8.96. The fourth-order valence-corrected chi connectivity index (χ4v) is 18.4. The van der Waals surface area contributed by atoms with Crippen LogP contribution in [0.25, 0.3) is 44.7 Å². The Morgan fingerprint density at radius 3 is 1.05 bits per heavy atom. The number of hydrogen-bond donors (Lipinski definition) is 10. The van der Waals surface area contributed by atoms with Crippen molar-refractivity contribution in [3.8, 4) is 0 Å². The Morgan fingerprint density at radius 1 is 0.473 bits per heavy atom. The van der Waals surface area contributed by atoms with Crippen molar-refractivity contribution in [3.05, 3.63) is 190 Å². The van der Waals surface area contributed by atoms with Gasteiger partial charge in [0.05, 0.1) is 56.8 Å². The van der Waals surface area contributed by atoms with Crippen LogP contribution in [0.4, 0.5) is 23.3 Å². The Balaban J connectivity index is 0.000000195. The summed E-state index contributed by atoms with van der Waals surface area (Å²) in [6.07, 6.45) is -0.487. The molecule has 4 aliphatic heterocycles. The number of aliphatic hydroxyl groups excluding tert-OH is 3. The van der Waals surface area contributed by atoms with E-state index in [9.17, 15) is 43.7 Å². The molecule has 0 aliphatic carbocycles. The second-order valence-corrected chi connectivity index (χ2v) is 35.8. The number of nitrogens with one attached hydrogen (secondary N) is 4. The van der Waals surface area contributed by atoms with Gasteiger partial charge >= 0.3 is 136 Å². The summed E-state index contributed by atoms with van der Waals surface area (Å²) in [6.45, 7) is 20.7. The minimum Gasteiger partial charge on any atom is -1.00 e. The summed E-state index contributed by atoms with van der Waals surface area (Å²) in [5, 5.41) is 51.3. The van der Waals surface area contributed by atoms with Gasteiger partial charge in [0.2, 0.25) is 0 Å². The average Bonchev–Trinajstić information content (AvgIpc) is 1.63. The second-order valence-electron chi connectivity index (χ2n) is 30.8. The monoisotopic (exact) mass is 2010 g/mol. The number of carbonyl (C=O) groups excluding carboxylic acids is 4. The molecular formula is C84H103IK2N20O22P2. The maximum atomic E-state index is 12.1. The molecule has 17 atom stereocenters. The molecule has 4 fully saturated rings. The molecule has 1 unspecified atom stereocenters. The molecule has 4 saturated heterocycles. The zero-order valence-corrected chi connectivity index (χ0v) is 84.4. The van der Waals surface area contributed by atoms with Crippen LogP contribution in [0.2, 0.25) is 0 Å². The predicted molar refractivity (Wildman–Crippen MR) is 474 cm³/mol. The van der Waals surface area contributed by atoms with E-state index in [1.54, 1.807) is 42.6 Å². The zero-order valence-electron chi connectivity index (χ0n) is 75.2. The minimum absolute atomic E-state index is 0. The maximum absolute atomic E-state index is 12.1. The van der Waals surface area contributed by atoms with Crippen molar-refractivity contribution in [3.63, 3.8) is 0 Å². The molecule has 47 heteroatoms. The van der Waals surface area contributed by atoms with E-state index < -0.39 is 107 Å². The normalized spacial score (nSPS) is 22.9. The quantitative estimate of drug-likeness (QED) is 0.00388. The van der Waals surface area contributed by atoms with Crippen LogP contribution in [0.3, 0.4) is 0 Å². The first-order valence-corrected chi connectivity index (χ1v) is 45.9. The molecule has 690 valence electrons. The number of aromatic nitrogens is 16. The molecule has 0 amide bonds. The van der Waals surface area contributed by atoms with Gasteiger partial charge in [-0.3, -0.25) is 46.6 Å². The first-order chi connectivity index (χ1) is 61.8. The molecular weight excluding hydrogens is 1910 g/mol. The van der Waals surface area contributed by atoms with E-state index in [0.717, 1.165) is 35.1 Å². The Bertz CT molecular complexity index is 5750. The van der Waals surface area contributed by atoms with E-state index in [1.807, 2.05) is 127 Å². The molecule has 0 bridgehead atoms. The van der Waals surface area contributed by atoms with Gasteiger partial charge in [-0.25, -0.2) is 59.8 Å². The van der Waals surface area contributed by atoms with Crippen molar-refractivity contribution in [2.45, 2.75) is 195 Å². The molecule has 0 spiro atoms. The molecule has 0 saturated carbocycles. The number of anilines is 4. The van der Waals surface area contributed by atoms with Gasteiger partial charge in [0.1, 0.15) is 35.8 Å². The Kier molecular flexibility index (Phi) is 39.0. The number of esters is 3. The van der Waals surface area contributed by atoms with Crippen LogP contribution in [-0.4, -0.2) is 207 Å². The van der Waals surface area contributed by atoms with E-state index in [0.29, 0.717) is 115 Å². The van der Waals surface area contributed by atoms with Crippen LogP contribution in [0.15, 0.2) is 147 Å². The van der Waals surface area contributed by atoms with Crippen LogP contribution in [0, 0.1) is 42.4 Å². The molecule has 42 nitrogen and oxygen atoms in total. The fourth-order valence-electron chi connectivity index (χ4n) is 15.3. The van der Waals surface area contributed by atoms with Gasteiger partial charge < -0.3 is 101 Å². The SMILES string of the molecule is CC(=O)O[C@@H]1[C@H](C)[C@@H](COP(=O)(O)CP(=O)(O)O)O[C@H]1n1cnc2c(NCc3ccccc3)nc(C)nc21.CC[C@H]1O[C@@H](n2cnc3c(NCc4ccccc4)nc(C)nc32)[C@H](OC(C)=O)[C@@H]1C.CC[C@H]1O[C@@H](n2cnc3c(NCc4ccccc4)nc(I)nc32)[C@H](OC(C)=O)[C@@H]1C.Cc1nc(NCc2ccccc2)c2ncn([C@@H]3O[C@H](CO)[C@@H](O)[C@H]3O)c2n1.O=CO[O-].[H-].[K+].[K+]. The van der Waals surface area contributed by atoms with Gasteiger partial charge in [-0.2, -0.15) is 0 Å². The van der Waals surface area contributed by atoms with E-state index in [-0.39, 0.29) is 153 Å². The van der Waals surface area contributed by atoms with Crippen molar-refractivity contribution < 1.29 is 210 Å². The van der Waals surface area contributed by atoms with Crippen molar-refractivity contribution in [1.29, 1.82) is 0 Å². The minimum atomic E-state index is -4.79. The van der Waals surface area contributed by atoms with Gasteiger partial charge in [-0.15, -0.1) is 0 Å². The van der Waals surface area contributed by atoms with Crippen molar-refractivity contribution in [1.82, 2.24) is 78.1 Å². The van der Waals surface area contributed by atoms with E-state index in [1.165, 1.54) is 33.4 Å². The number of ether oxygens (including phenoxy) is 7. The third-order valence-electron chi connectivity index (χ3n) is 21.5. The summed E-state index contributed by atoms with van der Waals surface area (Å²) in [7, 11) is -9.39. The molecule has 16 rings (SSSR count). The second kappa shape index (κ2) is 48.6. The number of imidazole rings is 4. The van der Waals surface area contributed by atoms with Crippen molar-refractivity contribution >= 4 is 130 Å². The molecule has 0 radical (unpaired) electrons. The number of halogens is 1. The van der Waals surface area contributed by atoms with Gasteiger partial charge in [0, 0.05) is 87.3 Å². The number of nitrogens with zero attached hydrogens (tertiary/aromatic N) is 16.